The Hall–Kier alpha value is -3.49. The summed E-state index contributed by atoms with van der Waals surface area (Å²) in [7, 11) is 0. The highest BCUT2D eigenvalue weighted by molar-refractivity contribution is 6.05. The maximum Gasteiger partial charge on any atom is 0.257 e. The average molecular weight is 354 g/mol. The molecule has 0 spiro atoms. The Balaban J connectivity index is 1.75. The molecule has 0 fully saturated rings. The highest BCUT2D eigenvalue weighted by Crippen LogP contribution is 2.17. The highest BCUT2D eigenvalue weighted by atomic mass is 16.6. The molecule has 0 aliphatic rings. The third-order valence-corrected chi connectivity index (χ3v) is 3.64. The largest absolute Gasteiger partial charge is 0.305 e. The first-order chi connectivity index (χ1) is 12.4. The molecule has 0 saturated heterocycles. The number of carbonyl (C=O) groups is 2. The molecule has 0 bridgehead atoms. The quantitative estimate of drug-likeness (QED) is 0.725. The second kappa shape index (κ2) is 7.18. The van der Waals surface area contributed by atoms with Gasteiger partial charge in [0.2, 0.25) is 17.5 Å². The molecular weight excluding hydrogens is 336 g/mol. The minimum Gasteiger partial charge on any atom is -0.305 e. The molecule has 0 aliphatic carbocycles. The Morgan fingerprint density at radius 3 is 2.50 bits per heavy atom. The van der Waals surface area contributed by atoms with Gasteiger partial charge in [0, 0.05) is 18.2 Å². The molecule has 2 aromatic heterocycles. The summed E-state index contributed by atoms with van der Waals surface area (Å²) in [6.45, 7) is 5.80. The number of hydrogen-bond donors (Lipinski definition) is 2. The van der Waals surface area contributed by atoms with Gasteiger partial charge in [-0.15, -0.1) is 0 Å². The number of rotatable bonds is 5. The van der Waals surface area contributed by atoms with E-state index in [-0.39, 0.29) is 23.5 Å². The van der Waals surface area contributed by atoms with Gasteiger partial charge in [-0.05, 0) is 47.9 Å². The highest BCUT2D eigenvalue weighted by Gasteiger charge is 2.16. The summed E-state index contributed by atoms with van der Waals surface area (Å²) in [5, 5.41) is 16.6. The van der Waals surface area contributed by atoms with E-state index in [2.05, 4.69) is 30.7 Å². The normalized spacial score (nSPS) is 10.6. The Labute approximate surface area is 149 Å². The van der Waals surface area contributed by atoms with Crippen LogP contribution in [0.15, 0.2) is 35.0 Å². The molecule has 2 N–H and O–H groups in total. The van der Waals surface area contributed by atoms with Gasteiger partial charge in [-0.1, -0.05) is 12.1 Å². The SMILES string of the molecule is CC(=O)Nc1nonc1NC(=O)c1cccc(Cn2nc(C)cc2C)c1. The Kier molecular flexibility index (Phi) is 4.78. The van der Waals surface area contributed by atoms with Crippen LogP contribution in [0.3, 0.4) is 0 Å². The van der Waals surface area contributed by atoms with E-state index in [0.717, 1.165) is 17.0 Å². The Bertz CT molecular complexity index is 959. The number of hydrogen-bond acceptors (Lipinski definition) is 6. The summed E-state index contributed by atoms with van der Waals surface area (Å²) >= 11 is 0. The van der Waals surface area contributed by atoms with Crippen LogP contribution in [0.4, 0.5) is 11.6 Å². The molecule has 3 aromatic rings. The van der Waals surface area contributed by atoms with Gasteiger partial charge in [0.1, 0.15) is 0 Å². The van der Waals surface area contributed by atoms with Gasteiger partial charge in [-0.2, -0.15) is 5.10 Å². The lowest BCUT2D eigenvalue weighted by atomic mass is 10.1. The third-order valence-electron chi connectivity index (χ3n) is 3.64. The molecule has 9 heteroatoms. The van der Waals surface area contributed by atoms with Crippen molar-refractivity contribution in [3.63, 3.8) is 0 Å². The zero-order valence-corrected chi connectivity index (χ0v) is 14.6. The molecule has 3 rings (SSSR count). The molecule has 0 aliphatic heterocycles. The van der Waals surface area contributed by atoms with E-state index in [1.165, 1.54) is 6.92 Å². The van der Waals surface area contributed by atoms with Gasteiger partial charge in [0.25, 0.3) is 5.91 Å². The molecule has 9 nitrogen and oxygen atoms in total. The fourth-order valence-electron chi connectivity index (χ4n) is 2.52. The summed E-state index contributed by atoms with van der Waals surface area (Å²) in [4.78, 5) is 23.6. The van der Waals surface area contributed by atoms with Crippen LogP contribution in [0, 0.1) is 13.8 Å². The van der Waals surface area contributed by atoms with Crippen molar-refractivity contribution < 1.29 is 14.2 Å². The van der Waals surface area contributed by atoms with Gasteiger partial charge < -0.3 is 10.6 Å². The zero-order valence-electron chi connectivity index (χ0n) is 14.6. The number of benzene rings is 1. The summed E-state index contributed by atoms with van der Waals surface area (Å²) < 4.78 is 6.44. The predicted molar refractivity (Wildman–Crippen MR) is 93.8 cm³/mol. The zero-order chi connectivity index (χ0) is 18.7. The molecule has 2 amide bonds. The first-order valence-corrected chi connectivity index (χ1v) is 7.94. The van der Waals surface area contributed by atoms with Gasteiger partial charge in [-0.25, -0.2) is 4.63 Å². The van der Waals surface area contributed by atoms with Gasteiger partial charge >= 0.3 is 0 Å². The van der Waals surface area contributed by atoms with E-state index < -0.39 is 0 Å². The first kappa shape index (κ1) is 17.3. The lowest BCUT2D eigenvalue weighted by Crippen LogP contribution is -2.15. The van der Waals surface area contributed by atoms with Crippen LogP contribution in [0.5, 0.6) is 0 Å². The molecule has 2 heterocycles. The topological polar surface area (TPSA) is 115 Å². The van der Waals surface area contributed by atoms with E-state index in [4.69, 9.17) is 0 Å². The molecule has 0 unspecified atom stereocenters. The number of anilines is 2. The van der Waals surface area contributed by atoms with E-state index in [9.17, 15) is 9.59 Å². The van der Waals surface area contributed by atoms with E-state index in [1.54, 1.807) is 18.2 Å². The minimum atomic E-state index is -0.387. The van der Waals surface area contributed by atoms with Gasteiger partial charge in [-0.3, -0.25) is 14.3 Å². The van der Waals surface area contributed by atoms with Gasteiger partial charge in [0.05, 0.1) is 12.2 Å². The van der Waals surface area contributed by atoms with Crippen molar-refractivity contribution in [1.29, 1.82) is 0 Å². The number of nitrogens with zero attached hydrogens (tertiary/aromatic N) is 4. The molecular formula is C17H18N6O3. The lowest BCUT2D eigenvalue weighted by Gasteiger charge is -2.07. The van der Waals surface area contributed by atoms with Gasteiger partial charge in [0.15, 0.2) is 0 Å². The number of carbonyl (C=O) groups excluding carboxylic acids is 2. The summed E-state index contributed by atoms with van der Waals surface area (Å²) in [6, 6.07) is 9.18. The maximum absolute atomic E-state index is 12.5. The minimum absolute atomic E-state index is 0.0501. The van der Waals surface area contributed by atoms with E-state index in [0.29, 0.717) is 12.1 Å². The molecule has 26 heavy (non-hydrogen) atoms. The standard InChI is InChI=1S/C17H18N6O3/c1-10-7-11(2)23(20-10)9-13-5-4-6-14(8-13)17(25)19-16-15(18-12(3)24)21-26-22-16/h4-8H,9H2,1-3H3,(H,18,21,24)(H,19,22,25). The maximum atomic E-state index is 12.5. The van der Waals surface area contributed by atoms with Crippen molar-refractivity contribution in [3.05, 3.63) is 52.8 Å². The fourth-order valence-corrected chi connectivity index (χ4v) is 2.52. The first-order valence-electron chi connectivity index (χ1n) is 7.94. The van der Waals surface area contributed by atoms with E-state index >= 15 is 0 Å². The Morgan fingerprint density at radius 1 is 1.12 bits per heavy atom. The van der Waals surface area contributed by atoms with Crippen LogP contribution >= 0.6 is 0 Å². The number of nitrogens with one attached hydrogen (secondary N) is 2. The number of aromatic nitrogens is 4. The second-order valence-electron chi connectivity index (χ2n) is 5.88. The second-order valence-corrected chi connectivity index (χ2v) is 5.88. The van der Waals surface area contributed by atoms with Crippen LogP contribution < -0.4 is 10.6 Å². The summed E-state index contributed by atoms with van der Waals surface area (Å²) in [6.07, 6.45) is 0. The third kappa shape index (κ3) is 3.94. The molecule has 134 valence electrons. The Morgan fingerprint density at radius 2 is 1.85 bits per heavy atom. The van der Waals surface area contributed by atoms with Crippen molar-refractivity contribution in [2.75, 3.05) is 10.6 Å². The monoisotopic (exact) mass is 354 g/mol. The van der Waals surface area contributed by atoms with E-state index in [1.807, 2.05) is 30.7 Å². The van der Waals surface area contributed by atoms with Crippen molar-refractivity contribution in [2.24, 2.45) is 0 Å². The van der Waals surface area contributed by atoms with Crippen molar-refractivity contribution in [1.82, 2.24) is 20.1 Å². The number of amides is 2. The molecule has 0 radical (unpaired) electrons. The molecule has 0 saturated carbocycles. The lowest BCUT2D eigenvalue weighted by molar-refractivity contribution is -0.114. The summed E-state index contributed by atoms with van der Waals surface area (Å²) in [5.74, 6) is -0.621. The fraction of sp³-hybridized carbons (Fsp3) is 0.235. The van der Waals surface area contributed by atoms with Crippen LogP contribution in [-0.2, 0) is 11.3 Å². The smallest absolute Gasteiger partial charge is 0.257 e. The predicted octanol–water partition coefficient (Wildman–Crippen LogP) is 2.14. The number of aryl methyl sites for hydroxylation is 2. The van der Waals surface area contributed by atoms with Crippen LogP contribution in [0.2, 0.25) is 0 Å². The molecule has 0 atom stereocenters. The van der Waals surface area contributed by atoms with Crippen molar-refractivity contribution in [3.8, 4) is 0 Å². The summed E-state index contributed by atoms with van der Waals surface area (Å²) in [5.41, 5.74) is 3.37. The average Bonchev–Trinajstić information content (AvgIpc) is 3.13. The molecule has 1 aromatic carbocycles. The van der Waals surface area contributed by atoms with Crippen molar-refractivity contribution in [2.45, 2.75) is 27.3 Å². The van der Waals surface area contributed by atoms with Crippen molar-refractivity contribution >= 4 is 23.5 Å². The van der Waals surface area contributed by atoms with Crippen LogP contribution in [0.25, 0.3) is 0 Å². The van der Waals surface area contributed by atoms with Crippen LogP contribution in [-0.4, -0.2) is 31.9 Å². The van der Waals surface area contributed by atoms with Crippen LogP contribution in [0.1, 0.15) is 34.2 Å².